The van der Waals surface area contributed by atoms with Gasteiger partial charge in [0.1, 0.15) is 11.5 Å². The molecule has 18 rings (SSSR count). The number of nitrogens with zero attached hydrogens (tertiary/aromatic N) is 2. The molecule has 16 aromatic rings. The van der Waals surface area contributed by atoms with Gasteiger partial charge < -0.3 is 14.2 Å². The number of fused-ring (bicyclic) bond motifs is 7. The minimum absolute atomic E-state index is 0.118. The molecule has 0 bridgehead atoms. The van der Waals surface area contributed by atoms with E-state index >= 15 is 0 Å². The van der Waals surface area contributed by atoms with Crippen molar-refractivity contribution in [3.8, 4) is 50.6 Å². The smallest absolute Gasteiger partial charge is 0.256 e. The third kappa shape index (κ3) is 10.7. The molecule has 498 valence electrons. The van der Waals surface area contributed by atoms with Crippen LogP contribution in [0.15, 0.2) is 370 Å². The summed E-state index contributed by atoms with van der Waals surface area (Å²) < 4.78 is 10.6. The molecule has 0 saturated heterocycles. The fraction of sp³-hybridized carbons (Fsp3) is 0.0816. The molecule has 0 aliphatic carbocycles. The maximum Gasteiger partial charge on any atom is 0.256 e. The van der Waals surface area contributed by atoms with E-state index in [0.717, 1.165) is 67.3 Å². The summed E-state index contributed by atoms with van der Waals surface area (Å²) in [5.74, 6) is 1.70. The lowest BCUT2D eigenvalue weighted by Crippen LogP contribution is -2.75. The third-order valence-corrected chi connectivity index (χ3v) is 31.8. The van der Waals surface area contributed by atoms with E-state index in [1.807, 2.05) is 0 Å². The van der Waals surface area contributed by atoms with Crippen molar-refractivity contribution in [2.45, 2.75) is 52.4 Å². The second kappa shape index (κ2) is 25.6. The molecule has 0 N–H and O–H groups in total. The van der Waals surface area contributed by atoms with Crippen LogP contribution in [0.2, 0.25) is 0 Å². The monoisotopic (exact) mass is 1370 g/mol. The van der Waals surface area contributed by atoms with Gasteiger partial charge in [0, 0.05) is 33.8 Å². The van der Waals surface area contributed by atoms with Crippen molar-refractivity contribution in [2.75, 3.05) is 4.90 Å². The van der Waals surface area contributed by atoms with Crippen LogP contribution in [0.25, 0.3) is 60.9 Å². The summed E-state index contributed by atoms with van der Waals surface area (Å²) in [6, 6.07) is 141. The number of aromatic nitrogens is 1. The fourth-order valence-corrected chi connectivity index (χ4v) is 26.8. The molecule has 3 nitrogen and oxygen atoms in total. The molecular formula is C98H79BN2OSi2. The first-order valence-electron chi connectivity index (χ1n) is 36.6. The zero-order chi connectivity index (χ0) is 70.3. The van der Waals surface area contributed by atoms with E-state index in [9.17, 15) is 0 Å². The van der Waals surface area contributed by atoms with Crippen molar-refractivity contribution >= 4 is 120 Å². The van der Waals surface area contributed by atoms with Gasteiger partial charge in [0.05, 0.1) is 22.4 Å². The van der Waals surface area contributed by atoms with E-state index in [-0.39, 0.29) is 17.5 Å². The van der Waals surface area contributed by atoms with Crippen LogP contribution in [-0.2, 0) is 10.8 Å². The van der Waals surface area contributed by atoms with Gasteiger partial charge in [0.15, 0.2) is 16.1 Å². The molecule has 2 aliphatic rings. The second-order valence-electron chi connectivity index (χ2n) is 30.3. The number of hydrogen-bond acceptors (Lipinski definition) is 2. The van der Waals surface area contributed by atoms with Crippen molar-refractivity contribution in [1.82, 2.24) is 4.57 Å². The first-order chi connectivity index (χ1) is 50.8. The second-order valence-corrected chi connectivity index (χ2v) is 37.9. The van der Waals surface area contributed by atoms with Crippen LogP contribution in [0.4, 0.5) is 17.1 Å². The van der Waals surface area contributed by atoms with Gasteiger partial charge in [-0.2, -0.15) is 0 Å². The van der Waals surface area contributed by atoms with E-state index in [0.29, 0.717) is 0 Å². The zero-order valence-corrected chi connectivity index (χ0v) is 61.6. The predicted molar refractivity (Wildman–Crippen MR) is 448 cm³/mol. The summed E-state index contributed by atoms with van der Waals surface area (Å²) in [4.78, 5) is 2.63. The summed E-state index contributed by atoms with van der Waals surface area (Å²) in [5.41, 5.74) is 19.5. The van der Waals surface area contributed by atoms with Crippen LogP contribution < -0.4 is 67.5 Å². The molecule has 104 heavy (non-hydrogen) atoms. The SMILES string of the molecule is CC(C)(C)c1ccc2c3ccc(C(C)(C)C)cc3n(-c3cc4c5c(c3)N(c3ccccc3-c3ccccc3)c3cc([Si](c6ccccc6)(c6ccccc6)c6cccc(-c7ccccc7)c6)ccc3B5c3ccc([Si](c5ccccc5)(c5ccccc5)c5cccc(-c6ccccc6)c5)cc3O4)c2c1. The highest BCUT2D eigenvalue weighted by Gasteiger charge is 2.49. The van der Waals surface area contributed by atoms with Gasteiger partial charge in [-0.3, -0.25) is 0 Å². The predicted octanol–water partition coefficient (Wildman–Crippen LogP) is 17.5. The van der Waals surface area contributed by atoms with Gasteiger partial charge in [0.25, 0.3) is 6.71 Å². The van der Waals surface area contributed by atoms with Gasteiger partial charge >= 0.3 is 0 Å². The highest BCUT2D eigenvalue weighted by molar-refractivity contribution is 7.20. The largest absolute Gasteiger partial charge is 0.458 e. The van der Waals surface area contributed by atoms with Gasteiger partial charge in [-0.05, 0) is 144 Å². The van der Waals surface area contributed by atoms with Crippen molar-refractivity contribution < 1.29 is 4.74 Å². The lowest BCUT2D eigenvalue weighted by atomic mass is 9.34. The normalized spacial score (nSPS) is 12.8. The Labute approximate surface area is 613 Å². The Morgan fingerprint density at radius 2 is 0.673 bits per heavy atom. The van der Waals surface area contributed by atoms with Crippen LogP contribution in [0.1, 0.15) is 52.7 Å². The van der Waals surface area contributed by atoms with Crippen LogP contribution in [0.5, 0.6) is 11.5 Å². The Kier molecular flexibility index (Phi) is 15.8. The molecule has 0 fully saturated rings. The standard InChI is InChI=1S/C98H79BN2OSi2/c1-97(2,3)73-52-56-85-86-57-53-74(98(4,5)6)63-91(86)100(90(85)62-73)75-64-93-96-95(65-75)102-94-67-83(104(78-44-24-12-25-45-78,79-46-26-13-27-47-79)81-49-31-39-72(61-81)69-34-16-8-17-35-69)55-59-88(94)99(96)87-58-54-82(66-92(87)101(93)89-51-29-28-50-84(89)70-36-18-9-19-37-70)103(76-40-20-10-21-41-76,77-42-22-11-23-43-77)80-48-30-38-71(60-80)68-32-14-7-15-33-68/h7-67H,1-6H3. The molecule has 0 saturated carbocycles. The van der Waals surface area contributed by atoms with Crippen LogP contribution in [0.3, 0.4) is 0 Å². The minimum Gasteiger partial charge on any atom is -0.458 e. The highest BCUT2D eigenvalue weighted by atomic mass is 28.3. The fourth-order valence-electron chi connectivity index (χ4n) is 17.2. The quantitative estimate of drug-likeness (QED) is 0.0846. The summed E-state index contributed by atoms with van der Waals surface area (Å²) in [5, 5.41) is 12.8. The molecule has 0 amide bonds. The topological polar surface area (TPSA) is 17.4 Å². The summed E-state index contributed by atoms with van der Waals surface area (Å²) >= 11 is 0. The first-order valence-corrected chi connectivity index (χ1v) is 40.6. The summed E-state index contributed by atoms with van der Waals surface area (Å²) in [7, 11) is -6.49. The maximum atomic E-state index is 8.08. The van der Waals surface area contributed by atoms with Gasteiger partial charge in [-0.1, -0.05) is 369 Å². The van der Waals surface area contributed by atoms with E-state index in [2.05, 4.69) is 421 Å². The number of para-hydroxylation sites is 1. The van der Waals surface area contributed by atoms with Crippen LogP contribution in [-0.4, -0.2) is 27.4 Å². The van der Waals surface area contributed by atoms with Crippen LogP contribution in [0, 0.1) is 0 Å². The molecule has 2 aliphatic heterocycles. The zero-order valence-electron chi connectivity index (χ0n) is 59.6. The Hall–Kier alpha value is -11.8. The van der Waals surface area contributed by atoms with Crippen molar-refractivity contribution in [3.05, 3.63) is 381 Å². The molecule has 15 aromatic carbocycles. The molecule has 0 atom stereocenters. The maximum absolute atomic E-state index is 8.08. The van der Waals surface area contributed by atoms with E-state index in [1.165, 1.54) is 91.1 Å². The highest BCUT2D eigenvalue weighted by Crippen LogP contribution is 2.47. The van der Waals surface area contributed by atoms with Crippen molar-refractivity contribution in [1.29, 1.82) is 0 Å². The van der Waals surface area contributed by atoms with Gasteiger partial charge in [0.2, 0.25) is 0 Å². The lowest BCUT2D eigenvalue weighted by molar-refractivity contribution is 0.487. The summed E-state index contributed by atoms with van der Waals surface area (Å²) in [6.07, 6.45) is 0. The number of anilines is 3. The molecular weight excluding hydrogens is 1290 g/mol. The van der Waals surface area contributed by atoms with Gasteiger partial charge in [-0.25, -0.2) is 0 Å². The molecule has 0 spiro atoms. The van der Waals surface area contributed by atoms with E-state index < -0.39 is 16.1 Å². The number of benzene rings is 15. The average Bonchev–Trinajstić information content (AvgIpc) is 0.807. The van der Waals surface area contributed by atoms with Gasteiger partial charge in [-0.15, -0.1) is 0 Å². The summed E-state index contributed by atoms with van der Waals surface area (Å²) in [6.45, 7) is 13.7. The Bertz CT molecular complexity index is 5760. The molecule has 1 aromatic heterocycles. The van der Waals surface area contributed by atoms with E-state index in [4.69, 9.17) is 4.74 Å². The third-order valence-electron chi connectivity index (χ3n) is 22.2. The van der Waals surface area contributed by atoms with Crippen LogP contribution >= 0.6 is 0 Å². The molecule has 6 heteroatoms. The van der Waals surface area contributed by atoms with Crippen molar-refractivity contribution in [3.63, 3.8) is 0 Å². The first kappa shape index (κ1) is 64.3. The molecule has 3 heterocycles. The Balaban J connectivity index is 0.973. The minimum atomic E-state index is -3.28. The number of hydrogen-bond donors (Lipinski definition) is 0. The lowest BCUT2D eigenvalue weighted by Gasteiger charge is -2.43. The molecule has 0 unspecified atom stereocenters. The number of rotatable bonds is 13. The Morgan fingerprint density at radius 1 is 0.279 bits per heavy atom. The van der Waals surface area contributed by atoms with Crippen molar-refractivity contribution in [2.24, 2.45) is 0 Å². The van der Waals surface area contributed by atoms with E-state index in [1.54, 1.807) is 0 Å². The Morgan fingerprint density at radius 3 is 1.14 bits per heavy atom. The molecule has 0 radical (unpaired) electrons. The average molecular weight is 1370 g/mol. The number of ether oxygens (including phenoxy) is 1.